The summed E-state index contributed by atoms with van der Waals surface area (Å²) in [4.78, 5) is 13.4. The molecule has 0 aromatic rings. The molecule has 0 aromatic heterocycles. The first-order valence-electron chi connectivity index (χ1n) is 5.42. The Labute approximate surface area is 86.2 Å². The fraction of sp³-hybridized carbons (Fsp3) is 0.727. The van der Waals surface area contributed by atoms with Crippen LogP contribution in [0, 0.1) is 5.92 Å². The lowest BCUT2D eigenvalue weighted by molar-refractivity contribution is 0.190. The first-order valence-corrected chi connectivity index (χ1v) is 5.42. The van der Waals surface area contributed by atoms with Gasteiger partial charge in [0.1, 0.15) is 0 Å². The van der Waals surface area contributed by atoms with Crippen LogP contribution in [0.3, 0.4) is 0 Å². The first kappa shape index (κ1) is 11.1. The van der Waals surface area contributed by atoms with Crippen LogP contribution in [0.25, 0.3) is 0 Å². The maximum atomic E-state index is 11.5. The van der Waals surface area contributed by atoms with E-state index >= 15 is 0 Å². The van der Waals surface area contributed by atoms with Gasteiger partial charge in [0.25, 0.3) is 0 Å². The van der Waals surface area contributed by atoms with Crippen molar-refractivity contribution in [1.29, 1.82) is 0 Å². The van der Waals surface area contributed by atoms with Crippen LogP contribution in [-0.2, 0) is 0 Å². The van der Waals surface area contributed by atoms with Crippen LogP contribution in [0.15, 0.2) is 12.3 Å². The van der Waals surface area contributed by atoms with Gasteiger partial charge in [-0.25, -0.2) is 4.79 Å². The van der Waals surface area contributed by atoms with Gasteiger partial charge >= 0.3 is 6.03 Å². The zero-order chi connectivity index (χ0) is 10.4. The monoisotopic (exact) mass is 196 g/mol. The minimum absolute atomic E-state index is 0.0431. The van der Waals surface area contributed by atoms with E-state index in [9.17, 15) is 4.79 Å². The highest BCUT2D eigenvalue weighted by Crippen LogP contribution is 2.08. The lowest BCUT2D eigenvalue weighted by atomic mass is 10.1. The first-order chi connectivity index (χ1) is 6.70. The average Bonchev–Trinajstić information content (AvgIpc) is 2.18. The van der Waals surface area contributed by atoms with Gasteiger partial charge in [-0.2, -0.15) is 0 Å². The predicted octanol–water partition coefficient (Wildman–Crippen LogP) is 2.35. The van der Waals surface area contributed by atoms with E-state index in [1.165, 1.54) is 6.42 Å². The van der Waals surface area contributed by atoms with Crippen molar-refractivity contribution >= 4 is 6.03 Å². The van der Waals surface area contributed by atoms with Gasteiger partial charge < -0.3 is 10.2 Å². The van der Waals surface area contributed by atoms with E-state index in [0.29, 0.717) is 5.92 Å². The SMILES string of the molecule is CC(C)/C=C/NC(=O)N1CCCCC1. The number of hydrogen-bond donors (Lipinski definition) is 1. The Morgan fingerprint density at radius 2 is 1.93 bits per heavy atom. The Kier molecular flexibility index (Phi) is 4.50. The van der Waals surface area contributed by atoms with Crippen molar-refractivity contribution in [3.05, 3.63) is 12.3 Å². The largest absolute Gasteiger partial charge is 0.325 e. The number of rotatable bonds is 2. The molecule has 1 heterocycles. The van der Waals surface area contributed by atoms with Gasteiger partial charge in [-0.15, -0.1) is 0 Å². The molecule has 1 N–H and O–H groups in total. The van der Waals surface area contributed by atoms with Crippen LogP contribution >= 0.6 is 0 Å². The van der Waals surface area contributed by atoms with E-state index in [-0.39, 0.29) is 6.03 Å². The van der Waals surface area contributed by atoms with Crippen molar-refractivity contribution in [2.24, 2.45) is 5.92 Å². The van der Waals surface area contributed by atoms with Crippen molar-refractivity contribution in [2.75, 3.05) is 13.1 Å². The van der Waals surface area contributed by atoms with Crippen LogP contribution in [0.4, 0.5) is 4.79 Å². The minimum atomic E-state index is 0.0431. The molecular weight excluding hydrogens is 176 g/mol. The number of urea groups is 1. The summed E-state index contributed by atoms with van der Waals surface area (Å²) in [7, 11) is 0. The Bertz CT molecular complexity index is 205. The van der Waals surface area contributed by atoms with E-state index in [1.54, 1.807) is 6.20 Å². The van der Waals surface area contributed by atoms with Gasteiger partial charge in [0, 0.05) is 19.3 Å². The van der Waals surface area contributed by atoms with Crippen molar-refractivity contribution in [3.8, 4) is 0 Å². The number of allylic oxidation sites excluding steroid dienone is 1. The molecule has 0 saturated carbocycles. The van der Waals surface area contributed by atoms with Gasteiger partial charge in [0.15, 0.2) is 0 Å². The Morgan fingerprint density at radius 3 is 2.50 bits per heavy atom. The van der Waals surface area contributed by atoms with Gasteiger partial charge in [-0.3, -0.25) is 0 Å². The minimum Gasteiger partial charge on any atom is -0.325 e. The molecule has 1 rings (SSSR count). The molecule has 3 nitrogen and oxygen atoms in total. The summed E-state index contributed by atoms with van der Waals surface area (Å²) in [5, 5.41) is 2.79. The van der Waals surface area contributed by atoms with E-state index in [1.807, 2.05) is 11.0 Å². The van der Waals surface area contributed by atoms with Crippen LogP contribution in [0.2, 0.25) is 0 Å². The fourth-order valence-electron chi connectivity index (χ4n) is 1.50. The number of carbonyl (C=O) groups is 1. The molecule has 1 aliphatic heterocycles. The van der Waals surface area contributed by atoms with Gasteiger partial charge in [0.2, 0.25) is 0 Å². The van der Waals surface area contributed by atoms with Crippen LogP contribution < -0.4 is 5.32 Å². The lowest BCUT2D eigenvalue weighted by Crippen LogP contribution is -2.40. The fourth-order valence-corrected chi connectivity index (χ4v) is 1.50. The van der Waals surface area contributed by atoms with Crippen molar-refractivity contribution in [3.63, 3.8) is 0 Å². The summed E-state index contributed by atoms with van der Waals surface area (Å²) in [5.74, 6) is 0.483. The van der Waals surface area contributed by atoms with Crippen molar-refractivity contribution < 1.29 is 4.79 Å². The maximum Gasteiger partial charge on any atom is 0.321 e. The summed E-state index contributed by atoms with van der Waals surface area (Å²) in [6.07, 6.45) is 7.28. The molecule has 0 radical (unpaired) electrons. The number of carbonyl (C=O) groups excluding carboxylic acids is 1. The summed E-state index contributed by atoms with van der Waals surface area (Å²) < 4.78 is 0. The second-order valence-corrected chi connectivity index (χ2v) is 4.10. The van der Waals surface area contributed by atoms with Gasteiger partial charge in [-0.05, 0) is 25.2 Å². The Morgan fingerprint density at radius 1 is 1.29 bits per heavy atom. The highest BCUT2D eigenvalue weighted by atomic mass is 16.2. The summed E-state index contributed by atoms with van der Waals surface area (Å²) in [5.41, 5.74) is 0. The molecule has 1 aliphatic rings. The second-order valence-electron chi connectivity index (χ2n) is 4.10. The molecule has 80 valence electrons. The van der Waals surface area contributed by atoms with E-state index in [2.05, 4.69) is 19.2 Å². The lowest BCUT2D eigenvalue weighted by Gasteiger charge is -2.26. The third-order valence-electron chi connectivity index (χ3n) is 2.33. The smallest absolute Gasteiger partial charge is 0.321 e. The quantitative estimate of drug-likeness (QED) is 0.722. The van der Waals surface area contributed by atoms with Crippen LogP contribution in [0.1, 0.15) is 33.1 Å². The Balaban J connectivity index is 2.26. The zero-order valence-electron chi connectivity index (χ0n) is 9.12. The molecule has 0 aromatic carbocycles. The van der Waals surface area contributed by atoms with Gasteiger partial charge in [-0.1, -0.05) is 19.9 Å². The number of hydrogen-bond acceptors (Lipinski definition) is 1. The maximum absolute atomic E-state index is 11.5. The van der Waals surface area contributed by atoms with Crippen molar-refractivity contribution in [1.82, 2.24) is 10.2 Å². The molecule has 0 bridgehead atoms. The molecule has 0 aliphatic carbocycles. The number of nitrogens with one attached hydrogen (secondary N) is 1. The molecule has 14 heavy (non-hydrogen) atoms. The second kappa shape index (κ2) is 5.68. The summed E-state index contributed by atoms with van der Waals surface area (Å²) in [6.45, 7) is 5.98. The average molecular weight is 196 g/mol. The molecule has 2 amide bonds. The van der Waals surface area contributed by atoms with E-state index < -0.39 is 0 Å². The third kappa shape index (κ3) is 3.81. The van der Waals surface area contributed by atoms with E-state index in [0.717, 1.165) is 25.9 Å². The molecule has 1 saturated heterocycles. The van der Waals surface area contributed by atoms with Crippen molar-refractivity contribution in [2.45, 2.75) is 33.1 Å². The predicted molar refractivity (Wildman–Crippen MR) is 57.9 cm³/mol. The molecule has 0 atom stereocenters. The number of nitrogens with zero attached hydrogens (tertiary/aromatic N) is 1. The zero-order valence-corrected chi connectivity index (χ0v) is 9.12. The van der Waals surface area contributed by atoms with Gasteiger partial charge in [0.05, 0.1) is 0 Å². The number of amides is 2. The molecule has 0 unspecified atom stereocenters. The molecule has 1 fully saturated rings. The number of piperidine rings is 1. The molecular formula is C11H20N2O. The summed E-state index contributed by atoms with van der Waals surface area (Å²) in [6, 6.07) is 0.0431. The van der Waals surface area contributed by atoms with Crippen LogP contribution in [0.5, 0.6) is 0 Å². The molecule has 3 heteroatoms. The van der Waals surface area contributed by atoms with Crippen LogP contribution in [-0.4, -0.2) is 24.0 Å². The third-order valence-corrected chi connectivity index (χ3v) is 2.33. The highest BCUT2D eigenvalue weighted by Gasteiger charge is 2.14. The Hall–Kier alpha value is -0.990. The van der Waals surface area contributed by atoms with E-state index in [4.69, 9.17) is 0 Å². The molecule has 0 spiro atoms. The number of likely N-dealkylation sites (tertiary alicyclic amines) is 1. The topological polar surface area (TPSA) is 32.3 Å². The standard InChI is InChI=1S/C11H20N2O/c1-10(2)6-7-12-11(14)13-8-4-3-5-9-13/h6-7,10H,3-5,8-9H2,1-2H3,(H,12,14)/b7-6+. The highest BCUT2D eigenvalue weighted by molar-refractivity contribution is 5.75. The summed E-state index contributed by atoms with van der Waals surface area (Å²) >= 11 is 0. The normalized spacial score (nSPS) is 17.8.